The molecule has 0 radical (unpaired) electrons. The lowest BCUT2D eigenvalue weighted by Gasteiger charge is -2.08. The molecular weight excluding hydrogens is 228 g/mol. The van der Waals surface area contributed by atoms with Crippen molar-refractivity contribution < 1.29 is 9.52 Å². The average Bonchev–Trinajstić information content (AvgIpc) is 3.10. The first-order chi connectivity index (χ1) is 8.86. The maximum atomic E-state index is 10.3. The number of aliphatic hydroxyl groups is 1. The minimum Gasteiger partial charge on any atom is -0.466 e. The molecule has 4 nitrogen and oxygen atoms in total. The molecule has 3 rings (SSSR count). The van der Waals surface area contributed by atoms with Crippen LogP contribution < -0.4 is 0 Å². The Kier molecular flexibility index (Phi) is 2.70. The Morgan fingerprint density at radius 1 is 1.11 bits per heavy atom. The van der Waals surface area contributed by atoms with Gasteiger partial charge in [0.05, 0.1) is 18.2 Å². The van der Waals surface area contributed by atoms with Gasteiger partial charge in [0, 0.05) is 5.56 Å². The number of hydrogen-bond donors (Lipinski definition) is 2. The van der Waals surface area contributed by atoms with E-state index in [0.29, 0.717) is 11.3 Å². The van der Waals surface area contributed by atoms with E-state index in [1.54, 1.807) is 24.6 Å². The molecule has 0 saturated heterocycles. The molecular formula is C14H12N2O2. The van der Waals surface area contributed by atoms with Gasteiger partial charge < -0.3 is 9.52 Å². The molecule has 0 amide bonds. The van der Waals surface area contributed by atoms with E-state index in [-0.39, 0.29) is 0 Å². The highest BCUT2D eigenvalue weighted by Crippen LogP contribution is 2.29. The SMILES string of the molecule is OC(c1ccco1)c1cn[nH]c1-c1ccccc1. The standard InChI is InChI=1S/C14H12N2O2/c17-14(12-7-4-8-18-12)11-9-15-16-13(11)10-5-2-1-3-6-10/h1-9,14,17H,(H,15,16). The zero-order valence-electron chi connectivity index (χ0n) is 9.58. The van der Waals surface area contributed by atoms with Gasteiger partial charge in [-0.2, -0.15) is 5.10 Å². The first-order valence-corrected chi connectivity index (χ1v) is 5.66. The fourth-order valence-corrected chi connectivity index (χ4v) is 1.94. The number of aliphatic hydroxyl groups excluding tert-OH is 1. The van der Waals surface area contributed by atoms with Crippen molar-refractivity contribution in [1.29, 1.82) is 0 Å². The lowest BCUT2D eigenvalue weighted by Crippen LogP contribution is -1.98. The number of hydrogen-bond acceptors (Lipinski definition) is 3. The van der Waals surface area contributed by atoms with Crippen LogP contribution in [0.4, 0.5) is 0 Å². The molecule has 0 aliphatic heterocycles. The van der Waals surface area contributed by atoms with E-state index in [2.05, 4.69) is 10.2 Å². The summed E-state index contributed by atoms with van der Waals surface area (Å²) < 4.78 is 5.22. The molecule has 2 aromatic heterocycles. The highest BCUT2D eigenvalue weighted by atomic mass is 16.4. The van der Waals surface area contributed by atoms with Crippen molar-refractivity contribution in [1.82, 2.24) is 10.2 Å². The molecule has 0 saturated carbocycles. The van der Waals surface area contributed by atoms with Gasteiger partial charge in [-0.3, -0.25) is 5.10 Å². The molecule has 0 spiro atoms. The van der Waals surface area contributed by atoms with E-state index in [1.165, 1.54) is 0 Å². The zero-order chi connectivity index (χ0) is 12.4. The quantitative estimate of drug-likeness (QED) is 0.740. The second-order valence-corrected chi connectivity index (χ2v) is 3.98. The van der Waals surface area contributed by atoms with Gasteiger partial charge in [0.1, 0.15) is 11.9 Å². The van der Waals surface area contributed by atoms with Crippen molar-refractivity contribution in [3.63, 3.8) is 0 Å². The molecule has 4 heteroatoms. The normalized spacial score (nSPS) is 12.5. The van der Waals surface area contributed by atoms with Crippen LogP contribution in [0, 0.1) is 0 Å². The Balaban J connectivity index is 2.02. The second kappa shape index (κ2) is 4.50. The van der Waals surface area contributed by atoms with Gasteiger partial charge in [-0.05, 0) is 17.7 Å². The Morgan fingerprint density at radius 3 is 2.67 bits per heavy atom. The van der Waals surface area contributed by atoms with Crippen LogP contribution in [-0.4, -0.2) is 15.3 Å². The van der Waals surface area contributed by atoms with E-state index < -0.39 is 6.10 Å². The van der Waals surface area contributed by atoms with Gasteiger partial charge in [0.2, 0.25) is 0 Å². The minimum atomic E-state index is -0.811. The Morgan fingerprint density at radius 2 is 1.94 bits per heavy atom. The number of aromatic nitrogens is 2. The van der Waals surface area contributed by atoms with E-state index in [4.69, 9.17) is 4.42 Å². The Bertz CT molecular complexity index is 614. The fourth-order valence-electron chi connectivity index (χ4n) is 1.94. The van der Waals surface area contributed by atoms with Gasteiger partial charge in [0.15, 0.2) is 0 Å². The topological polar surface area (TPSA) is 62.1 Å². The molecule has 1 unspecified atom stereocenters. The van der Waals surface area contributed by atoms with Gasteiger partial charge in [-0.15, -0.1) is 0 Å². The number of H-pyrrole nitrogens is 1. The number of nitrogens with one attached hydrogen (secondary N) is 1. The lowest BCUT2D eigenvalue weighted by atomic mass is 10.0. The van der Waals surface area contributed by atoms with Crippen LogP contribution in [0.2, 0.25) is 0 Å². The Hall–Kier alpha value is -2.33. The largest absolute Gasteiger partial charge is 0.466 e. The van der Waals surface area contributed by atoms with Crippen LogP contribution >= 0.6 is 0 Å². The maximum Gasteiger partial charge on any atom is 0.140 e. The van der Waals surface area contributed by atoms with E-state index in [9.17, 15) is 5.11 Å². The molecule has 0 fully saturated rings. The van der Waals surface area contributed by atoms with Crippen LogP contribution in [0.5, 0.6) is 0 Å². The van der Waals surface area contributed by atoms with Crippen molar-refractivity contribution in [3.8, 4) is 11.3 Å². The van der Waals surface area contributed by atoms with Gasteiger partial charge in [-0.1, -0.05) is 30.3 Å². The lowest BCUT2D eigenvalue weighted by molar-refractivity contribution is 0.190. The molecule has 1 aromatic carbocycles. The summed E-state index contributed by atoms with van der Waals surface area (Å²) >= 11 is 0. The summed E-state index contributed by atoms with van der Waals surface area (Å²) in [5.41, 5.74) is 2.49. The summed E-state index contributed by atoms with van der Waals surface area (Å²) in [7, 11) is 0. The average molecular weight is 240 g/mol. The minimum absolute atomic E-state index is 0.508. The number of nitrogens with zero attached hydrogens (tertiary/aromatic N) is 1. The molecule has 2 N–H and O–H groups in total. The Labute approximate surface area is 104 Å². The predicted molar refractivity (Wildman–Crippen MR) is 66.8 cm³/mol. The second-order valence-electron chi connectivity index (χ2n) is 3.98. The van der Waals surface area contributed by atoms with Crippen LogP contribution in [-0.2, 0) is 0 Å². The van der Waals surface area contributed by atoms with Crippen molar-refractivity contribution in [2.75, 3.05) is 0 Å². The molecule has 18 heavy (non-hydrogen) atoms. The smallest absolute Gasteiger partial charge is 0.140 e. The summed E-state index contributed by atoms with van der Waals surface area (Å²) in [6.45, 7) is 0. The molecule has 90 valence electrons. The van der Waals surface area contributed by atoms with Gasteiger partial charge in [0.25, 0.3) is 0 Å². The van der Waals surface area contributed by atoms with Crippen molar-refractivity contribution >= 4 is 0 Å². The number of rotatable bonds is 3. The van der Waals surface area contributed by atoms with Crippen LogP contribution in [0.1, 0.15) is 17.4 Å². The maximum absolute atomic E-state index is 10.3. The summed E-state index contributed by atoms with van der Waals surface area (Å²) in [6.07, 6.45) is 2.35. The van der Waals surface area contributed by atoms with Crippen LogP contribution in [0.3, 0.4) is 0 Å². The predicted octanol–water partition coefficient (Wildman–Crippen LogP) is 2.75. The molecule has 0 bridgehead atoms. The molecule has 1 atom stereocenters. The van der Waals surface area contributed by atoms with Gasteiger partial charge in [-0.25, -0.2) is 0 Å². The number of benzene rings is 1. The third kappa shape index (κ3) is 1.83. The molecule has 3 aromatic rings. The van der Waals surface area contributed by atoms with E-state index in [1.807, 2.05) is 30.3 Å². The summed E-state index contributed by atoms with van der Waals surface area (Å²) in [5, 5.41) is 17.2. The third-order valence-electron chi connectivity index (χ3n) is 2.84. The first-order valence-electron chi connectivity index (χ1n) is 5.66. The zero-order valence-corrected chi connectivity index (χ0v) is 9.58. The molecule has 0 aliphatic carbocycles. The number of furan rings is 1. The first kappa shape index (κ1) is 10.8. The highest BCUT2D eigenvalue weighted by molar-refractivity contribution is 5.63. The van der Waals surface area contributed by atoms with Crippen LogP contribution in [0.25, 0.3) is 11.3 Å². The molecule has 2 heterocycles. The van der Waals surface area contributed by atoms with E-state index in [0.717, 1.165) is 11.3 Å². The van der Waals surface area contributed by atoms with Crippen molar-refractivity contribution in [3.05, 3.63) is 66.2 Å². The van der Waals surface area contributed by atoms with E-state index >= 15 is 0 Å². The third-order valence-corrected chi connectivity index (χ3v) is 2.84. The van der Waals surface area contributed by atoms with Crippen molar-refractivity contribution in [2.45, 2.75) is 6.10 Å². The highest BCUT2D eigenvalue weighted by Gasteiger charge is 2.19. The fraction of sp³-hybridized carbons (Fsp3) is 0.0714. The summed E-state index contributed by atoms with van der Waals surface area (Å²) in [4.78, 5) is 0. The van der Waals surface area contributed by atoms with Gasteiger partial charge >= 0.3 is 0 Å². The monoisotopic (exact) mass is 240 g/mol. The summed E-state index contributed by atoms with van der Waals surface area (Å²) in [6, 6.07) is 13.3. The molecule has 0 aliphatic rings. The summed E-state index contributed by atoms with van der Waals surface area (Å²) in [5.74, 6) is 0.508. The van der Waals surface area contributed by atoms with Crippen molar-refractivity contribution in [2.24, 2.45) is 0 Å². The van der Waals surface area contributed by atoms with Crippen LogP contribution in [0.15, 0.2) is 59.3 Å². The number of aromatic amines is 1.